The maximum atomic E-state index is 13.3. The second-order valence-electron chi connectivity index (χ2n) is 7.71. The van der Waals surface area contributed by atoms with E-state index in [1.807, 2.05) is 32.9 Å². The van der Waals surface area contributed by atoms with Gasteiger partial charge in [-0.25, -0.2) is 8.42 Å². The lowest BCUT2D eigenvalue weighted by Gasteiger charge is -2.32. The molecule has 1 aromatic carbocycles. The Labute approximate surface area is 160 Å². The molecule has 2 aliphatic heterocycles. The zero-order chi connectivity index (χ0) is 19.2. The predicted molar refractivity (Wildman–Crippen MR) is 103 cm³/mol. The summed E-state index contributed by atoms with van der Waals surface area (Å²) >= 11 is 0. The molecule has 146 valence electrons. The van der Waals surface area contributed by atoms with Gasteiger partial charge in [0.25, 0.3) is 0 Å². The van der Waals surface area contributed by atoms with Gasteiger partial charge in [0.15, 0.2) is 0 Å². The highest BCUT2D eigenvalue weighted by atomic mass is 32.2. The second kappa shape index (κ2) is 7.00. The highest BCUT2D eigenvalue weighted by Gasteiger charge is 2.34. The number of nitrogens with zero attached hydrogens (tertiary/aromatic N) is 4. The van der Waals surface area contributed by atoms with Gasteiger partial charge in [0.1, 0.15) is 11.6 Å². The van der Waals surface area contributed by atoms with Gasteiger partial charge < -0.3 is 9.88 Å². The largest absolute Gasteiger partial charge is 0.312 e. The number of aromatic nitrogens is 3. The van der Waals surface area contributed by atoms with Gasteiger partial charge in [-0.05, 0) is 44.7 Å². The highest BCUT2D eigenvalue weighted by molar-refractivity contribution is 7.89. The molecule has 1 N–H and O–H groups in total. The zero-order valence-corrected chi connectivity index (χ0v) is 17.0. The molecule has 27 heavy (non-hydrogen) atoms. The summed E-state index contributed by atoms with van der Waals surface area (Å²) in [6.07, 6.45) is 1.57. The number of sulfonamides is 1. The number of hydrogen-bond donors (Lipinski definition) is 1. The summed E-state index contributed by atoms with van der Waals surface area (Å²) in [6, 6.07) is 3.90. The van der Waals surface area contributed by atoms with Crippen molar-refractivity contribution in [3.8, 4) is 0 Å². The fraction of sp³-hybridized carbons (Fsp3) is 0.579. The van der Waals surface area contributed by atoms with Crippen LogP contribution >= 0.6 is 0 Å². The van der Waals surface area contributed by atoms with E-state index >= 15 is 0 Å². The van der Waals surface area contributed by atoms with Crippen LogP contribution in [0.5, 0.6) is 0 Å². The van der Waals surface area contributed by atoms with Crippen molar-refractivity contribution < 1.29 is 8.42 Å². The molecule has 0 atom stereocenters. The third kappa shape index (κ3) is 3.30. The van der Waals surface area contributed by atoms with E-state index in [0.717, 1.165) is 60.8 Å². The van der Waals surface area contributed by atoms with Crippen molar-refractivity contribution in [2.24, 2.45) is 0 Å². The van der Waals surface area contributed by atoms with Crippen molar-refractivity contribution in [3.05, 3.63) is 40.5 Å². The molecule has 1 saturated heterocycles. The van der Waals surface area contributed by atoms with E-state index in [4.69, 9.17) is 0 Å². The average Bonchev–Trinajstić information content (AvgIpc) is 3.05. The van der Waals surface area contributed by atoms with Crippen molar-refractivity contribution in [2.75, 3.05) is 19.6 Å². The molecule has 7 nitrogen and oxygen atoms in total. The van der Waals surface area contributed by atoms with E-state index in [2.05, 4.69) is 20.1 Å². The number of piperidine rings is 1. The highest BCUT2D eigenvalue weighted by Crippen LogP contribution is 2.32. The quantitative estimate of drug-likeness (QED) is 0.867. The van der Waals surface area contributed by atoms with Gasteiger partial charge in [0, 0.05) is 32.1 Å². The molecule has 8 heteroatoms. The number of aryl methyl sites for hydroxylation is 3. The SMILES string of the molecule is Cc1cc(C)c(S(=O)(=O)N2CCC(c3nnc4n3CCNC4)CC2)c(C)c1. The molecule has 2 aliphatic rings. The average molecular weight is 390 g/mol. The summed E-state index contributed by atoms with van der Waals surface area (Å²) in [5.41, 5.74) is 2.75. The maximum Gasteiger partial charge on any atom is 0.243 e. The zero-order valence-electron chi connectivity index (χ0n) is 16.2. The van der Waals surface area contributed by atoms with Crippen LogP contribution in [-0.2, 0) is 23.1 Å². The summed E-state index contributed by atoms with van der Waals surface area (Å²) in [5, 5.41) is 12.0. The van der Waals surface area contributed by atoms with E-state index in [1.165, 1.54) is 0 Å². The molecule has 0 radical (unpaired) electrons. The topological polar surface area (TPSA) is 80.1 Å². The van der Waals surface area contributed by atoms with E-state index in [0.29, 0.717) is 18.0 Å². The number of nitrogens with one attached hydrogen (secondary N) is 1. The van der Waals surface area contributed by atoms with Gasteiger partial charge >= 0.3 is 0 Å². The summed E-state index contributed by atoms with van der Waals surface area (Å²) in [5.74, 6) is 2.28. The van der Waals surface area contributed by atoms with Crippen LogP contribution in [0.4, 0.5) is 0 Å². The van der Waals surface area contributed by atoms with Gasteiger partial charge in [0.05, 0.1) is 11.4 Å². The van der Waals surface area contributed by atoms with E-state index in [1.54, 1.807) is 4.31 Å². The van der Waals surface area contributed by atoms with Crippen LogP contribution in [0.2, 0.25) is 0 Å². The number of rotatable bonds is 3. The summed E-state index contributed by atoms with van der Waals surface area (Å²) in [6.45, 7) is 9.39. The summed E-state index contributed by atoms with van der Waals surface area (Å²) in [7, 11) is -3.47. The molecule has 0 saturated carbocycles. The number of hydrogen-bond acceptors (Lipinski definition) is 5. The fourth-order valence-electron chi connectivity index (χ4n) is 4.47. The Hall–Kier alpha value is -1.77. The summed E-state index contributed by atoms with van der Waals surface area (Å²) in [4.78, 5) is 0.470. The molecule has 4 rings (SSSR count). The van der Waals surface area contributed by atoms with Crippen LogP contribution in [0.1, 0.15) is 47.1 Å². The van der Waals surface area contributed by atoms with Crippen LogP contribution in [-0.4, -0.2) is 47.1 Å². The van der Waals surface area contributed by atoms with E-state index < -0.39 is 10.0 Å². The van der Waals surface area contributed by atoms with Crippen LogP contribution in [0.3, 0.4) is 0 Å². The Morgan fingerprint density at radius 3 is 2.37 bits per heavy atom. The lowest BCUT2D eigenvalue weighted by atomic mass is 9.97. The first kappa shape index (κ1) is 18.6. The Morgan fingerprint density at radius 2 is 1.70 bits per heavy atom. The molecular formula is C19H27N5O2S. The van der Waals surface area contributed by atoms with Gasteiger partial charge in [0.2, 0.25) is 10.0 Å². The third-order valence-electron chi connectivity index (χ3n) is 5.67. The second-order valence-corrected chi connectivity index (χ2v) is 9.58. The molecular weight excluding hydrogens is 362 g/mol. The maximum absolute atomic E-state index is 13.3. The lowest BCUT2D eigenvalue weighted by Crippen LogP contribution is -2.39. The third-order valence-corrected chi connectivity index (χ3v) is 7.88. The first-order chi connectivity index (χ1) is 12.9. The summed E-state index contributed by atoms with van der Waals surface area (Å²) < 4.78 is 30.4. The molecule has 0 unspecified atom stereocenters. The first-order valence-corrected chi connectivity index (χ1v) is 11.0. The Balaban J connectivity index is 1.53. The fourth-order valence-corrected chi connectivity index (χ4v) is 6.36. The molecule has 0 aliphatic carbocycles. The monoisotopic (exact) mass is 389 g/mol. The molecule has 0 spiro atoms. The van der Waals surface area contributed by atoms with E-state index in [9.17, 15) is 8.42 Å². The van der Waals surface area contributed by atoms with Gasteiger partial charge in [-0.2, -0.15) is 4.31 Å². The standard InChI is InChI=1S/C19H27N5O2S/c1-13-10-14(2)18(15(3)11-13)27(25,26)23-7-4-16(5-8-23)19-22-21-17-12-20-6-9-24(17)19/h10-11,16,20H,4-9,12H2,1-3H3. The van der Waals surface area contributed by atoms with E-state index in [-0.39, 0.29) is 5.92 Å². The Morgan fingerprint density at radius 1 is 1.04 bits per heavy atom. The normalized spacial score (nSPS) is 19.2. The van der Waals surface area contributed by atoms with Crippen LogP contribution in [0.25, 0.3) is 0 Å². The predicted octanol–water partition coefficient (Wildman–Crippen LogP) is 1.87. The van der Waals surface area contributed by atoms with Crippen molar-refractivity contribution in [2.45, 2.75) is 57.5 Å². The molecule has 1 fully saturated rings. The van der Waals surface area contributed by atoms with Gasteiger partial charge in [-0.15, -0.1) is 10.2 Å². The van der Waals surface area contributed by atoms with Crippen LogP contribution in [0, 0.1) is 20.8 Å². The minimum atomic E-state index is -3.47. The number of benzene rings is 1. The molecule has 0 amide bonds. The molecule has 1 aromatic heterocycles. The van der Waals surface area contributed by atoms with Crippen LogP contribution in [0.15, 0.2) is 17.0 Å². The first-order valence-electron chi connectivity index (χ1n) is 9.58. The molecule has 3 heterocycles. The smallest absolute Gasteiger partial charge is 0.243 e. The van der Waals surface area contributed by atoms with Crippen molar-refractivity contribution in [3.63, 3.8) is 0 Å². The minimum absolute atomic E-state index is 0.274. The lowest BCUT2D eigenvalue weighted by molar-refractivity contribution is 0.307. The van der Waals surface area contributed by atoms with Crippen molar-refractivity contribution in [1.82, 2.24) is 24.4 Å². The molecule has 2 aromatic rings. The number of fused-ring (bicyclic) bond motifs is 1. The minimum Gasteiger partial charge on any atom is -0.312 e. The van der Waals surface area contributed by atoms with Crippen LogP contribution < -0.4 is 5.32 Å². The van der Waals surface area contributed by atoms with Crippen molar-refractivity contribution >= 4 is 10.0 Å². The van der Waals surface area contributed by atoms with Gasteiger partial charge in [-0.3, -0.25) is 0 Å². The Kier molecular flexibility index (Phi) is 4.82. The Bertz CT molecular complexity index is 935. The molecule has 0 bridgehead atoms. The van der Waals surface area contributed by atoms with Gasteiger partial charge in [-0.1, -0.05) is 17.7 Å². The van der Waals surface area contributed by atoms with Crippen molar-refractivity contribution in [1.29, 1.82) is 0 Å².